The summed E-state index contributed by atoms with van der Waals surface area (Å²) in [6, 6.07) is 10.4. The predicted molar refractivity (Wildman–Crippen MR) is 86.3 cm³/mol. The summed E-state index contributed by atoms with van der Waals surface area (Å²) in [6.07, 6.45) is 4.34. The number of aliphatic hydroxyl groups is 1. The third-order valence-electron chi connectivity index (χ3n) is 4.65. The van der Waals surface area contributed by atoms with E-state index in [2.05, 4.69) is 17.4 Å². The number of rotatable bonds is 8. The van der Waals surface area contributed by atoms with E-state index in [1.165, 1.54) is 18.4 Å². The molecule has 3 rings (SSSR count). The third-order valence-corrected chi connectivity index (χ3v) is 4.65. The van der Waals surface area contributed by atoms with E-state index in [9.17, 15) is 9.90 Å². The molecule has 2 unspecified atom stereocenters. The average molecular weight is 302 g/mol. The largest absolute Gasteiger partial charge is 0.392 e. The Kier molecular flexibility index (Phi) is 4.79. The summed E-state index contributed by atoms with van der Waals surface area (Å²) < 4.78 is 0. The van der Waals surface area contributed by atoms with Crippen LogP contribution in [-0.4, -0.2) is 42.2 Å². The molecule has 2 aliphatic rings. The highest BCUT2D eigenvalue weighted by Crippen LogP contribution is 2.40. The number of aliphatic hydroxyl groups excluding tert-OH is 1. The van der Waals surface area contributed by atoms with Crippen LogP contribution in [0.3, 0.4) is 0 Å². The maximum atomic E-state index is 12.3. The molecule has 2 saturated carbocycles. The lowest BCUT2D eigenvalue weighted by Crippen LogP contribution is -2.40. The zero-order valence-electron chi connectivity index (χ0n) is 13.2. The fraction of sp³-hybridized carbons (Fsp3) is 0.611. The Hall–Kier alpha value is -1.39. The summed E-state index contributed by atoms with van der Waals surface area (Å²) in [5.41, 5.74) is 1.19. The van der Waals surface area contributed by atoms with Crippen molar-refractivity contribution in [2.24, 2.45) is 11.8 Å². The first-order valence-electron chi connectivity index (χ1n) is 8.34. The molecule has 2 aliphatic carbocycles. The van der Waals surface area contributed by atoms with Gasteiger partial charge in [0.15, 0.2) is 0 Å². The molecule has 2 fully saturated rings. The molecule has 0 bridgehead atoms. The lowest BCUT2D eigenvalue weighted by molar-refractivity contribution is -0.123. The van der Waals surface area contributed by atoms with E-state index < -0.39 is 0 Å². The molecule has 0 aliphatic heterocycles. The summed E-state index contributed by atoms with van der Waals surface area (Å²) in [5.74, 6) is 1.08. The zero-order chi connectivity index (χ0) is 15.5. The summed E-state index contributed by atoms with van der Waals surface area (Å²) in [7, 11) is 1.90. The minimum absolute atomic E-state index is 0.0475. The van der Waals surface area contributed by atoms with Crippen LogP contribution < -0.4 is 5.32 Å². The Morgan fingerprint density at radius 1 is 1.23 bits per heavy atom. The Bertz CT molecular complexity index is 497. The van der Waals surface area contributed by atoms with Crippen LogP contribution in [0.2, 0.25) is 0 Å². The van der Waals surface area contributed by atoms with Crippen molar-refractivity contribution in [3.05, 3.63) is 35.9 Å². The second-order valence-electron chi connectivity index (χ2n) is 6.89. The summed E-state index contributed by atoms with van der Waals surface area (Å²) >= 11 is 0. The maximum Gasteiger partial charge on any atom is 0.234 e. The Balaban J connectivity index is 1.50. The number of amides is 1. The van der Waals surface area contributed by atoms with Crippen LogP contribution in [0.1, 0.15) is 37.3 Å². The molecule has 2 atom stereocenters. The van der Waals surface area contributed by atoms with Crippen molar-refractivity contribution in [2.75, 3.05) is 20.1 Å². The minimum atomic E-state index is -0.286. The first-order valence-corrected chi connectivity index (χ1v) is 8.34. The smallest absolute Gasteiger partial charge is 0.234 e. The highest BCUT2D eigenvalue weighted by molar-refractivity contribution is 5.78. The molecule has 4 heteroatoms. The van der Waals surface area contributed by atoms with Crippen molar-refractivity contribution in [2.45, 2.75) is 37.8 Å². The normalized spacial score (nSPS) is 20.7. The Labute approximate surface area is 132 Å². The van der Waals surface area contributed by atoms with Crippen molar-refractivity contribution in [3.8, 4) is 0 Å². The molecule has 0 radical (unpaired) electrons. The van der Waals surface area contributed by atoms with E-state index in [1.54, 1.807) is 0 Å². The van der Waals surface area contributed by atoms with Crippen LogP contribution in [0.25, 0.3) is 0 Å². The van der Waals surface area contributed by atoms with Gasteiger partial charge in [0, 0.05) is 6.54 Å². The Morgan fingerprint density at radius 3 is 2.45 bits per heavy atom. The maximum absolute atomic E-state index is 12.3. The highest BCUT2D eigenvalue weighted by Gasteiger charge is 2.34. The summed E-state index contributed by atoms with van der Waals surface area (Å²) in [6.45, 7) is 0.928. The number of hydrogen-bond acceptors (Lipinski definition) is 3. The number of nitrogens with one attached hydrogen (secondary N) is 1. The second-order valence-corrected chi connectivity index (χ2v) is 6.89. The number of benzene rings is 1. The van der Waals surface area contributed by atoms with Crippen molar-refractivity contribution >= 4 is 5.91 Å². The number of hydrogen-bond donors (Lipinski definition) is 2. The van der Waals surface area contributed by atoms with Gasteiger partial charge in [-0.15, -0.1) is 0 Å². The fourth-order valence-electron chi connectivity index (χ4n) is 3.04. The standard InChI is InChI=1S/C18H26N2O2/c1-20(11-16(21)13-7-8-13)12-17(22)19-18(15-9-10-15)14-5-3-2-4-6-14/h2-6,13,15-16,18,21H,7-12H2,1H3,(H,19,22). The van der Waals surface area contributed by atoms with Crippen LogP contribution in [-0.2, 0) is 4.79 Å². The number of carbonyl (C=O) groups is 1. The minimum Gasteiger partial charge on any atom is -0.392 e. The van der Waals surface area contributed by atoms with Gasteiger partial charge in [-0.3, -0.25) is 9.69 Å². The zero-order valence-corrected chi connectivity index (χ0v) is 13.2. The van der Waals surface area contributed by atoms with Crippen LogP contribution in [0.15, 0.2) is 30.3 Å². The van der Waals surface area contributed by atoms with Gasteiger partial charge in [-0.2, -0.15) is 0 Å². The summed E-state index contributed by atoms with van der Waals surface area (Å²) in [4.78, 5) is 14.2. The second kappa shape index (κ2) is 6.80. The molecule has 4 nitrogen and oxygen atoms in total. The first-order chi connectivity index (χ1) is 10.6. The molecule has 0 aromatic heterocycles. The van der Waals surface area contributed by atoms with Gasteiger partial charge in [-0.1, -0.05) is 30.3 Å². The highest BCUT2D eigenvalue weighted by atomic mass is 16.3. The molecule has 2 N–H and O–H groups in total. The van der Waals surface area contributed by atoms with Gasteiger partial charge in [0.1, 0.15) is 0 Å². The monoisotopic (exact) mass is 302 g/mol. The molecule has 0 saturated heterocycles. The third kappa shape index (κ3) is 4.31. The van der Waals surface area contributed by atoms with Gasteiger partial charge < -0.3 is 10.4 Å². The lowest BCUT2D eigenvalue weighted by Gasteiger charge is -2.23. The fourth-order valence-corrected chi connectivity index (χ4v) is 3.04. The molecular weight excluding hydrogens is 276 g/mol. The number of carbonyl (C=O) groups excluding carboxylic acids is 1. The van der Waals surface area contributed by atoms with Gasteiger partial charge in [-0.05, 0) is 50.1 Å². The SMILES string of the molecule is CN(CC(=O)NC(c1ccccc1)C1CC1)CC(O)C1CC1. The van der Waals surface area contributed by atoms with E-state index in [-0.39, 0.29) is 18.1 Å². The topological polar surface area (TPSA) is 52.6 Å². The van der Waals surface area contributed by atoms with Crippen LogP contribution in [0.4, 0.5) is 0 Å². The van der Waals surface area contributed by atoms with E-state index in [1.807, 2.05) is 30.1 Å². The van der Waals surface area contributed by atoms with Crippen LogP contribution in [0, 0.1) is 11.8 Å². The van der Waals surface area contributed by atoms with Gasteiger partial charge in [0.05, 0.1) is 18.7 Å². The molecular formula is C18H26N2O2. The molecule has 1 aromatic carbocycles. The first kappa shape index (κ1) is 15.5. The van der Waals surface area contributed by atoms with Gasteiger partial charge in [-0.25, -0.2) is 0 Å². The quantitative estimate of drug-likeness (QED) is 0.772. The Morgan fingerprint density at radius 2 is 1.86 bits per heavy atom. The van der Waals surface area contributed by atoms with Crippen molar-refractivity contribution in [1.82, 2.24) is 10.2 Å². The molecule has 1 amide bonds. The molecule has 0 spiro atoms. The molecule has 1 aromatic rings. The molecule has 22 heavy (non-hydrogen) atoms. The van der Waals surface area contributed by atoms with E-state index in [0.717, 1.165) is 12.8 Å². The average Bonchev–Trinajstić information content (AvgIpc) is 3.39. The van der Waals surface area contributed by atoms with E-state index >= 15 is 0 Å². The number of nitrogens with zero attached hydrogens (tertiary/aromatic N) is 1. The van der Waals surface area contributed by atoms with Crippen molar-refractivity contribution in [1.29, 1.82) is 0 Å². The van der Waals surface area contributed by atoms with Gasteiger partial charge in [0.2, 0.25) is 5.91 Å². The van der Waals surface area contributed by atoms with Crippen LogP contribution >= 0.6 is 0 Å². The van der Waals surface area contributed by atoms with E-state index in [0.29, 0.717) is 24.9 Å². The van der Waals surface area contributed by atoms with Crippen molar-refractivity contribution in [3.63, 3.8) is 0 Å². The van der Waals surface area contributed by atoms with Crippen LogP contribution in [0.5, 0.6) is 0 Å². The number of likely N-dealkylation sites (N-methyl/N-ethyl adjacent to an activating group) is 1. The predicted octanol–water partition coefficient (Wildman–Crippen LogP) is 1.96. The van der Waals surface area contributed by atoms with Crippen molar-refractivity contribution < 1.29 is 9.90 Å². The van der Waals surface area contributed by atoms with Gasteiger partial charge in [0.25, 0.3) is 0 Å². The lowest BCUT2D eigenvalue weighted by atomic mass is 10.0. The van der Waals surface area contributed by atoms with E-state index in [4.69, 9.17) is 0 Å². The van der Waals surface area contributed by atoms with Gasteiger partial charge >= 0.3 is 0 Å². The summed E-state index contributed by atoms with van der Waals surface area (Å²) in [5, 5.41) is 13.1. The molecule has 120 valence electrons. The molecule has 0 heterocycles.